The van der Waals surface area contributed by atoms with E-state index in [0.29, 0.717) is 3.57 Å². The van der Waals surface area contributed by atoms with Crippen molar-refractivity contribution in [1.82, 2.24) is 4.90 Å². The van der Waals surface area contributed by atoms with Crippen LogP contribution in [-0.2, 0) is 4.79 Å². The van der Waals surface area contributed by atoms with Crippen molar-refractivity contribution in [2.75, 3.05) is 13.6 Å². The molecule has 0 heterocycles. The number of rotatable bonds is 3. The lowest BCUT2D eigenvalue weighted by Crippen LogP contribution is -2.31. The lowest BCUT2D eigenvalue weighted by Gasteiger charge is -2.14. The number of hydrogen-bond donors (Lipinski definition) is 1. The molecule has 4 nitrogen and oxygen atoms in total. The van der Waals surface area contributed by atoms with Gasteiger partial charge in [-0.3, -0.25) is 9.59 Å². The van der Waals surface area contributed by atoms with Crippen LogP contribution in [0.3, 0.4) is 0 Å². The van der Waals surface area contributed by atoms with Gasteiger partial charge in [0.15, 0.2) is 0 Å². The summed E-state index contributed by atoms with van der Waals surface area (Å²) in [5, 5.41) is 8.51. The Morgan fingerprint density at radius 2 is 2.12 bits per heavy atom. The van der Waals surface area contributed by atoms with Gasteiger partial charge in [0.05, 0.1) is 0 Å². The smallest absolute Gasteiger partial charge is 0.323 e. The normalized spacial score (nSPS) is 9.94. The van der Waals surface area contributed by atoms with E-state index in [4.69, 9.17) is 5.11 Å². The molecule has 1 aromatic rings. The molecule has 1 N–H and O–H groups in total. The number of carboxylic acids is 1. The molecule has 0 unspecified atom stereocenters. The number of benzene rings is 1. The minimum absolute atomic E-state index is 0.140. The number of carboxylic acid groups (broad SMARTS) is 1. The fraction of sp³-hybridized carbons (Fsp3) is 0.200. The fourth-order valence-electron chi connectivity index (χ4n) is 1.12. The third-order valence-electron chi connectivity index (χ3n) is 1.89. The summed E-state index contributed by atoms with van der Waals surface area (Å²) in [7, 11) is 1.35. The highest BCUT2D eigenvalue weighted by atomic mass is 127. The maximum atomic E-state index is 13.2. The van der Waals surface area contributed by atoms with E-state index >= 15 is 0 Å². The van der Waals surface area contributed by atoms with Gasteiger partial charge in [-0.1, -0.05) is 0 Å². The van der Waals surface area contributed by atoms with Crippen LogP contribution in [0.25, 0.3) is 0 Å². The predicted octanol–water partition coefficient (Wildman–Crippen LogP) is 1.59. The zero-order valence-corrected chi connectivity index (χ0v) is 10.6. The van der Waals surface area contributed by atoms with E-state index in [2.05, 4.69) is 0 Å². The van der Waals surface area contributed by atoms with Crippen LogP contribution in [0.1, 0.15) is 10.4 Å². The SMILES string of the molecule is CN(CC(=O)O)C(=O)c1ccc(I)c(F)c1. The van der Waals surface area contributed by atoms with Gasteiger partial charge in [0.2, 0.25) is 0 Å². The molecule has 0 aliphatic rings. The maximum Gasteiger partial charge on any atom is 0.323 e. The van der Waals surface area contributed by atoms with E-state index in [1.165, 1.54) is 19.2 Å². The zero-order chi connectivity index (χ0) is 12.3. The van der Waals surface area contributed by atoms with Gasteiger partial charge in [-0.2, -0.15) is 0 Å². The number of carbonyl (C=O) groups excluding carboxylic acids is 1. The summed E-state index contributed by atoms with van der Waals surface area (Å²) in [6.45, 7) is -0.410. The topological polar surface area (TPSA) is 57.6 Å². The molecular formula is C10H9FINO3. The molecule has 0 atom stereocenters. The van der Waals surface area contributed by atoms with E-state index in [1.54, 1.807) is 0 Å². The van der Waals surface area contributed by atoms with E-state index in [9.17, 15) is 14.0 Å². The molecule has 1 rings (SSSR count). The summed E-state index contributed by atoms with van der Waals surface area (Å²) >= 11 is 1.81. The second-order valence-corrected chi connectivity index (χ2v) is 4.35. The molecule has 0 aliphatic carbocycles. The maximum absolute atomic E-state index is 13.2. The van der Waals surface area contributed by atoms with Gasteiger partial charge in [0, 0.05) is 16.2 Å². The molecule has 0 spiro atoms. The Balaban J connectivity index is 2.88. The molecule has 1 amide bonds. The lowest BCUT2D eigenvalue weighted by atomic mass is 10.2. The summed E-state index contributed by atoms with van der Waals surface area (Å²) in [5.74, 6) is -2.12. The molecule has 0 aliphatic heterocycles. The summed E-state index contributed by atoms with van der Waals surface area (Å²) in [4.78, 5) is 23.1. The first-order valence-electron chi connectivity index (χ1n) is 4.34. The van der Waals surface area contributed by atoms with Gasteiger partial charge in [-0.15, -0.1) is 0 Å². The van der Waals surface area contributed by atoms with Crippen LogP contribution in [0.4, 0.5) is 4.39 Å². The third kappa shape index (κ3) is 3.16. The van der Waals surface area contributed by atoms with Crippen molar-refractivity contribution in [1.29, 1.82) is 0 Å². The minimum atomic E-state index is -1.11. The van der Waals surface area contributed by atoms with Crippen LogP contribution in [0, 0.1) is 9.39 Å². The number of hydrogen-bond acceptors (Lipinski definition) is 2. The second kappa shape index (κ2) is 5.24. The number of aliphatic carboxylic acids is 1. The number of halogens is 2. The first-order valence-corrected chi connectivity index (χ1v) is 5.42. The quantitative estimate of drug-likeness (QED) is 0.853. The molecule has 6 heteroatoms. The zero-order valence-electron chi connectivity index (χ0n) is 8.41. The highest BCUT2D eigenvalue weighted by Gasteiger charge is 2.15. The molecule has 0 saturated carbocycles. The molecule has 0 radical (unpaired) electrons. The Labute approximate surface area is 105 Å². The van der Waals surface area contributed by atoms with Crippen molar-refractivity contribution in [2.45, 2.75) is 0 Å². The Morgan fingerprint density at radius 1 is 1.50 bits per heavy atom. The van der Waals surface area contributed by atoms with Gasteiger partial charge in [0.25, 0.3) is 5.91 Å². The molecule has 0 bridgehead atoms. The van der Waals surface area contributed by atoms with Crippen molar-refractivity contribution in [3.63, 3.8) is 0 Å². The van der Waals surface area contributed by atoms with E-state index < -0.39 is 24.2 Å². The van der Waals surface area contributed by atoms with Crippen molar-refractivity contribution >= 4 is 34.5 Å². The van der Waals surface area contributed by atoms with Crippen LogP contribution in [0.2, 0.25) is 0 Å². The van der Waals surface area contributed by atoms with E-state index in [-0.39, 0.29) is 5.56 Å². The van der Waals surface area contributed by atoms with Gasteiger partial charge < -0.3 is 10.0 Å². The number of amides is 1. The Bertz CT molecular complexity index is 436. The van der Waals surface area contributed by atoms with Crippen molar-refractivity contribution in [3.05, 3.63) is 33.1 Å². The molecule has 86 valence electrons. The highest BCUT2D eigenvalue weighted by Crippen LogP contribution is 2.13. The summed E-state index contributed by atoms with van der Waals surface area (Å²) in [6, 6.07) is 4.03. The monoisotopic (exact) mass is 337 g/mol. The first-order chi connectivity index (χ1) is 7.41. The van der Waals surface area contributed by atoms with E-state index in [1.807, 2.05) is 22.6 Å². The van der Waals surface area contributed by atoms with Crippen LogP contribution in [0.5, 0.6) is 0 Å². The molecule has 16 heavy (non-hydrogen) atoms. The van der Waals surface area contributed by atoms with Gasteiger partial charge >= 0.3 is 5.97 Å². The Morgan fingerprint density at radius 3 is 2.62 bits per heavy atom. The van der Waals surface area contributed by atoms with Crippen LogP contribution in [0.15, 0.2) is 18.2 Å². The fourth-order valence-corrected chi connectivity index (χ4v) is 1.46. The van der Waals surface area contributed by atoms with Gasteiger partial charge in [-0.05, 0) is 40.8 Å². The van der Waals surface area contributed by atoms with Crippen LogP contribution >= 0.6 is 22.6 Å². The summed E-state index contributed by atoms with van der Waals surface area (Å²) in [6.07, 6.45) is 0. The standard InChI is InChI=1S/C10H9FINO3/c1-13(5-9(14)15)10(16)6-2-3-8(12)7(11)4-6/h2-4H,5H2,1H3,(H,14,15). The average molecular weight is 337 g/mol. The van der Waals surface area contributed by atoms with Crippen molar-refractivity contribution in [2.24, 2.45) is 0 Å². The largest absolute Gasteiger partial charge is 0.480 e. The second-order valence-electron chi connectivity index (χ2n) is 3.18. The third-order valence-corrected chi connectivity index (χ3v) is 2.76. The van der Waals surface area contributed by atoms with E-state index in [0.717, 1.165) is 11.0 Å². The van der Waals surface area contributed by atoms with Crippen molar-refractivity contribution < 1.29 is 19.1 Å². The average Bonchev–Trinajstić information content (AvgIpc) is 2.20. The Kier molecular flexibility index (Phi) is 4.22. The highest BCUT2D eigenvalue weighted by molar-refractivity contribution is 14.1. The van der Waals surface area contributed by atoms with Crippen LogP contribution in [-0.4, -0.2) is 35.5 Å². The molecule has 0 saturated heterocycles. The number of carbonyl (C=O) groups is 2. The number of likely N-dealkylation sites (N-methyl/N-ethyl adjacent to an activating group) is 1. The molecule has 0 aromatic heterocycles. The molecule has 0 fully saturated rings. The van der Waals surface area contributed by atoms with Gasteiger partial charge in [0.1, 0.15) is 12.4 Å². The summed E-state index contributed by atoms with van der Waals surface area (Å²) in [5.41, 5.74) is 0.140. The lowest BCUT2D eigenvalue weighted by molar-refractivity contribution is -0.137. The van der Waals surface area contributed by atoms with Crippen LogP contribution < -0.4 is 0 Å². The van der Waals surface area contributed by atoms with Gasteiger partial charge in [-0.25, -0.2) is 4.39 Å². The van der Waals surface area contributed by atoms with Crippen molar-refractivity contribution in [3.8, 4) is 0 Å². The molecular weight excluding hydrogens is 328 g/mol. The predicted molar refractivity (Wildman–Crippen MR) is 63.7 cm³/mol. The molecule has 1 aromatic carbocycles. The number of nitrogens with zero attached hydrogens (tertiary/aromatic N) is 1. The Hall–Kier alpha value is -1.18. The minimum Gasteiger partial charge on any atom is -0.480 e. The first kappa shape index (κ1) is 12.9. The summed E-state index contributed by atoms with van der Waals surface area (Å²) < 4.78 is 13.6.